The molecule has 19 heteroatoms. The Morgan fingerprint density at radius 1 is 0.647 bits per heavy atom. The predicted octanol–water partition coefficient (Wildman–Crippen LogP) is 6.78. The minimum atomic E-state index is -7.75. The highest BCUT2D eigenvalue weighted by Crippen LogP contribution is 2.55. The van der Waals surface area contributed by atoms with E-state index >= 15 is 0 Å². The second-order valence-corrected chi connectivity index (χ2v) is 6.04. The summed E-state index contributed by atoms with van der Waals surface area (Å²) in [5.74, 6) is -16.5. The normalized spacial score (nSPS) is 17.3. The Labute approximate surface area is 177 Å². The second kappa shape index (κ2) is 8.80. The van der Waals surface area contributed by atoms with Crippen LogP contribution in [0, 0.1) is 6.92 Å². The standard InChI is InChI=1S/C15H7F16O3/c1-6-2-4-7(5-3-6)32-9(17,18)8(16)33-15(30,31)11(21,13(25,26)27)34-14(28,29)10(19,20)12(22,23)24/h2-5,8H,1H2. The third-order valence-corrected chi connectivity index (χ3v) is 3.42. The summed E-state index contributed by atoms with van der Waals surface area (Å²) in [4.78, 5) is 0. The molecule has 0 aromatic heterocycles. The van der Waals surface area contributed by atoms with Crippen LogP contribution in [0.3, 0.4) is 0 Å². The molecule has 0 saturated heterocycles. The highest BCUT2D eigenvalue weighted by molar-refractivity contribution is 5.28. The van der Waals surface area contributed by atoms with E-state index in [1.807, 2.05) is 0 Å². The first-order valence-corrected chi connectivity index (χ1v) is 7.77. The molecule has 0 fully saturated rings. The number of hydrogen-bond donors (Lipinski definition) is 0. The van der Waals surface area contributed by atoms with Gasteiger partial charge in [-0.15, -0.1) is 0 Å². The van der Waals surface area contributed by atoms with Gasteiger partial charge >= 0.3 is 48.8 Å². The largest absolute Gasteiger partial charge is 0.462 e. The van der Waals surface area contributed by atoms with Crippen LogP contribution in [-0.2, 0) is 9.47 Å². The van der Waals surface area contributed by atoms with Crippen molar-refractivity contribution < 1.29 is 84.5 Å². The minimum Gasteiger partial charge on any atom is -0.429 e. The SMILES string of the molecule is [CH2]c1ccc(OC(F)(F)C(F)OC(F)(F)C(F)(OC(F)(F)C(F)(F)C(F)(F)F)C(F)(F)F)cc1. The van der Waals surface area contributed by atoms with Gasteiger partial charge in [-0.3, -0.25) is 9.47 Å². The molecule has 0 amide bonds. The second-order valence-electron chi connectivity index (χ2n) is 6.04. The molecule has 0 spiro atoms. The summed E-state index contributed by atoms with van der Waals surface area (Å²) >= 11 is 0. The first-order chi connectivity index (χ1) is 14.8. The first kappa shape index (κ1) is 29.9. The molecular formula is C15H7F16O3. The molecule has 0 bridgehead atoms. The van der Waals surface area contributed by atoms with Crippen molar-refractivity contribution in [2.75, 3.05) is 0 Å². The average Bonchev–Trinajstić information content (AvgIpc) is 2.60. The summed E-state index contributed by atoms with van der Waals surface area (Å²) in [6.07, 6.45) is -41.3. The Morgan fingerprint density at radius 2 is 1.09 bits per heavy atom. The zero-order chi connectivity index (χ0) is 27.2. The Balaban J connectivity index is 3.32. The monoisotopic (exact) mass is 539 g/mol. The van der Waals surface area contributed by atoms with Crippen LogP contribution in [0.15, 0.2) is 24.3 Å². The van der Waals surface area contributed by atoms with Gasteiger partial charge in [0.05, 0.1) is 0 Å². The lowest BCUT2D eigenvalue weighted by atomic mass is 10.2. The van der Waals surface area contributed by atoms with Crippen LogP contribution in [0.5, 0.6) is 5.75 Å². The quantitative estimate of drug-likeness (QED) is 0.324. The lowest BCUT2D eigenvalue weighted by Gasteiger charge is -2.38. The number of alkyl halides is 16. The molecule has 1 aromatic rings. The molecule has 0 aliphatic carbocycles. The highest BCUT2D eigenvalue weighted by atomic mass is 19.4. The molecule has 0 aliphatic rings. The molecule has 3 nitrogen and oxygen atoms in total. The smallest absolute Gasteiger partial charge is 0.429 e. The van der Waals surface area contributed by atoms with Crippen molar-refractivity contribution >= 4 is 0 Å². The van der Waals surface area contributed by atoms with Crippen molar-refractivity contribution in [3.8, 4) is 5.75 Å². The minimum absolute atomic E-state index is 0.122. The van der Waals surface area contributed by atoms with Crippen LogP contribution in [0.1, 0.15) is 5.56 Å². The number of halogens is 16. The van der Waals surface area contributed by atoms with Gasteiger partial charge in [0.25, 0.3) is 0 Å². The molecule has 0 aliphatic heterocycles. The molecule has 0 saturated carbocycles. The summed E-state index contributed by atoms with van der Waals surface area (Å²) in [6, 6.07) is 2.97. The van der Waals surface area contributed by atoms with E-state index in [9.17, 15) is 70.2 Å². The Hall–Kier alpha value is -2.18. The third kappa shape index (κ3) is 5.72. The van der Waals surface area contributed by atoms with Gasteiger partial charge in [-0.05, 0) is 24.6 Å². The Bertz CT molecular complexity index is 832. The number of hydrogen-bond acceptors (Lipinski definition) is 3. The van der Waals surface area contributed by atoms with Gasteiger partial charge in [0, 0.05) is 0 Å². The van der Waals surface area contributed by atoms with Gasteiger partial charge in [-0.2, -0.15) is 65.9 Å². The van der Waals surface area contributed by atoms with Crippen LogP contribution in [0.25, 0.3) is 0 Å². The van der Waals surface area contributed by atoms with Crippen LogP contribution >= 0.6 is 0 Å². The molecule has 0 heterocycles. The van der Waals surface area contributed by atoms with E-state index in [2.05, 4.69) is 16.4 Å². The van der Waals surface area contributed by atoms with Gasteiger partial charge in [0.15, 0.2) is 0 Å². The molecular weight excluding hydrogens is 532 g/mol. The summed E-state index contributed by atoms with van der Waals surface area (Å²) in [5.41, 5.74) is 0.122. The zero-order valence-electron chi connectivity index (χ0n) is 15.4. The molecule has 1 aromatic carbocycles. The van der Waals surface area contributed by atoms with E-state index in [-0.39, 0.29) is 5.56 Å². The van der Waals surface area contributed by atoms with Crippen molar-refractivity contribution in [1.82, 2.24) is 0 Å². The van der Waals surface area contributed by atoms with Crippen LogP contribution in [-0.4, -0.2) is 48.8 Å². The molecule has 2 atom stereocenters. The Morgan fingerprint density at radius 3 is 1.47 bits per heavy atom. The summed E-state index contributed by atoms with van der Waals surface area (Å²) in [6.45, 7) is 3.27. The van der Waals surface area contributed by atoms with E-state index in [0.29, 0.717) is 12.1 Å². The molecule has 0 N–H and O–H groups in total. The Kier molecular flexibility index (Phi) is 7.72. The van der Waals surface area contributed by atoms with E-state index in [1.165, 1.54) is 4.74 Å². The maximum atomic E-state index is 13.8. The summed E-state index contributed by atoms with van der Waals surface area (Å²) < 4.78 is 214. The van der Waals surface area contributed by atoms with Crippen LogP contribution in [0.2, 0.25) is 0 Å². The van der Waals surface area contributed by atoms with Crippen LogP contribution in [0.4, 0.5) is 70.2 Å². The predicted molar refractivity (Wildman–Crippen MR) is 74.3 cm³/mol. The van der Waals surface area contributed by atoms with Gasteiger partial charge in [-0.1, -0.05) is 12.1 Å². The molecule has 1 radical (unpaired) electrons. The van der Waals surface area contributed by atoms with Crippen molar-refractivity contribution in [1.29, 1.82) is 0 Å². The maximum Gasteiger partial charge on any atom is 0.462 e. The van der Waals surface area contributed by atoms with Crippen molar-refractivity contribution in [2.24, 2.45) is 0 Å². The van der Waals surface area contributed by atoms with E-state index in [0.717, 1.165) is 12.1 Å². The van der Waals surface area contributed by atoms with Gasteiger partial charge < -0.3 is 4.74 Å². The summed E-state index contributed by atoms with van der Waals surface area (Å²) in [7, 11) is 0. The number of benzene rings is 1. The molecule has 197 valence electrons. The van der Waals surface area contributed by atoms with Gasteiger partial charge in [0.2, 0.25) is 0 Å². The number of rotatable bonds is 9. The van der Waals surface area contributed by atoms with Crippen LogP contribution < -0.4 is 4.74 Å². The van der Waals surface area contributed by atoms with E-state index in [4.69, 9.17) is 0 Å². The van der Waals surface area contributed by atoms with Crippen molar-refractivity contribution in [2.45, 2.75) is 48.8 Å². The van der Waals surface area contributed by atoms with E-state index < -0.39 is 54.6 Å². The fourth-order valence-electron chi connectivity index (χ4n) is 1.72. The fraction of sp³-hybridized carbons (Fsp3) is 0.533. The topological polar surface area (TPSA) is 27.7 Å². The molecule has 34 heavy (non-hydrogen) atoms. The highest BCUT2D eigenvalue weighted by Gasteiger charge is 2.84. The zero-order valence-corrected chi connectivity index (χ0v) is 15.4. The van der Waals surface area contributed by atoms with Gasteiger partial charge in [-0.25, -0.2) is 4.39 Å². The number of ether oxygens (including phenoxy) is 3. The third-order valence-electron chi connectivity index (χ3n) is 3.42. The lowest BCUT2D eigenvalue weighted by Crippen LogP contribution is -2.66. The maximum absolute atomic E-state index is 13.8. The molecule has 1 rings (SSSR count). The van der Waals surface area contributed by atoms with Crippen molar-refractivity contribution in [3.05, 3.63) is 36.8 Å². The van der Waals surface area contributed by atoms with E-state index in [1.54, 1.807) is 0 Å². The fourth-order valence-corrected chi connectivity index (χ4v) is 1.72. The van der Waals surface area contributed by atoms with Gasteiger partial charge in [0.1, 0.15) is 5.75 Å². The molecule has 2 unspecified atom stereocenters. The first-order valence-electron chi connectivity index (χ1n) is 7.77. The summed E-state index contributed by atoms with van der Waals surface area (Å²) in [5, 5.41) is 0. The average molecular weight is 539 g/mol. The van der Waals surface area contributed by atoms with Crippen molar-refractivity contribution in [3.63, 3.8) is 0 Å². The lowest BCUT2D eigenvalue weighted by molar-refractivity contribution is -0.543.